The van der Waals surface area contributed by atoms with E-state index in [9.17, 15) is 4.79 Å². The Balaban J connectivity index is 2.07. The van der Waals surface area contributed by atoms with Gasteiger partial charge in [0.05, 0.1) is 19.1 Å². The average molecular weight is 310 g/mol. The molecular formula is C20H22O3. The minimum Gasteiger partial charge on any atom is -0.497 e. The lowest BCUT2D eigenvalue weighted by Crippen LogP contribution is -2.37. The fraction of sp³-hybridized carbons (Fsp3) is 0.350. The Morgan fingerprint density at radius 3 is 2.65 bits per heavy atom. The summed E-state index contributed by atoms with van der Waals surface area (Å²) in [6.45, 7) is 2.25. The van der Waals surface area contributed by atoms with Gasteiger partial charge in [0, 0.05) is 0 Å². The Hall–Kier alpha value is -2.29. The average Bonchev–Trinajstić information content (AvgIpc) is 2.95. The molecule has 1 atom stereocenters. The van der Waals surface area contributed by atoms with E-state index in [1.165, 1.54) is 5.56 Å². The highest BCUT2D eigenvalue weighted by atomic mass is 16.5. The molecule has 1 unspecified atom stereocenters. The van der Waals surface area contributed by atoms with Gasteiger partial charge in [0.25, 0.3) is 0 Å². The number of hydrogen-bond acceptors (Lipinski definition) is 3. The summed E-state index contributed by atoms with van der Waals surface area (Å²) >= 11 is 0. The van der Waals surface area contributed by atoms with E-state index < -0.39 is 5.41 Å². The molecule has 0 saturated carbocycles. The van der Waals surface area contributed by atoms with Crippen molar-refractivity contribution in [2.24, 2.45) is 0 Å². The maximum atomic E-state index is 12.9. The summed E-state index contributed by atoms with van der Waals surface area (Å²) in [7, 11) is 1.65. The van der Waals surface area contributed by atoms with Crippen LogP contribution >= 0.6 is 0 Å². The van der Waals surface area contributed by atoms with E-state index in [1.54, 1.807) is 7.11 Å². The molecule has 0 fully saturated rings. The van der Waals surface area contributed by atoms with Crippen LogP contribution in [0, 0.1) is 0 Å². The van der Waals surface area contributed by atoms with Crippen LogP contribution in [0.25, 0.3) is 0 Å². The standard InChI is InChI=1S/C20H22O3/c1-3-23-19(21)20(14-15-7-5-4-6-8-15)12-11-16-9-10-17(22-2)13-18(16)20/h4-10,13H,3,11-12,14H2,1-2H3. The zero-order valence-corrected chi connectivity index (χ0v) is 13.7. The minimum absolute atomic E-state index is 0.129. The van der Waals surface area contributed by atoms with E-state index in [0.717, 1.165) is 29.7 Å². The summed E-state index contributed by atoms with van der Waals surface area (Å²) in [5, 5.41) is 0. The number of aryl methyl sites for hydroxylation is 1. The Labute approximate surface area is 137 Å². The van der Waals surface area contributed by atoms with Gasteiger partial charge in [-0.3, -0.25) is 4.79 Å². The highest BCUT2D eigenvalue weighted by Gasteiger charge is 2.46. The molecule has 3 nitrogen and oxygen atoms in total. The molecule has 3 rings (SSSR count). The van der Waals surface area contributed by atoms with Crippen molar-refractivity contribution >= 4 is 5.97 Å². The number of carbonyl (C=O) groups is 1. The molecule has 0 aliphatic heterocycles. The molecule has 0 heterocycles. The predicted octanol–water partition coefficient (Wildman–Crippen LogP) is 3.69. The third-order valence-corrected chi connectivity index (χ3v) is 4.67. The van der Waals surface area contributed by atoms with Gasteiger partial charge in [-0.2, -0.15) is 0 Å². The van der Waals surface area contributed by atoms with Crippen LogP contribution in [0.1, 0.15) is 30.0 Å². The van der Waals surface area contributed by atoms with Crippen LogP contribution in [0.4, 0.5) is 0 Å². The van der Waals surface area contributed by atoms with E-state index in [1.807, 2.05) is 37.3 Å². The second kappa shape index (κ2) is 6.45. The van der Waals surface area contributed by atoms with E-state index in [4.69, 9.17) is 9.47 Å². The number of rotatable bonds is 5. The van der Waals surface area contributed by atoms with Crippen LogP contribution in [-0.4, -0.2) is 19.7 Å². The molecule has 1 aliphatic rings. The monoisotopic (exact) mass is 310 g/mol. The first-order valence-corrected chi connectivity index (χ1v) is 8.08. The number of fused-ring (bicyclic) bond motifs is 1. The topological polar surface area (TPSA) is 35.5 Å². The van der Waals surface area contributed by atoms with E-state index >= 15 is 0 Å². The zero-order valence-electron chi connectivity index (χ0n) is 13.7. The fourth-order valence-corrected chi connectivity index (χ4v) is 3.51. The van der Waals surface area contributed by atoms with E-state index in [-0.39, 0.29) is 5.97 Å². The van der Waals surface area contributed by atoms with Crippen molar-refractivity contribution in [2.45, 2.75) is 31.6 Å². The third-order valence-electron chi connectivity index (χ3n) is 4.67. The second-order valence-electron chi connectivity index (χ2n) is 5.99. The molecule has 2 aromatic rings. The number of hydrogen-bond donors (Lipinski definition) is 0. The molecule has 0 amide bonds. The second-order valence-corrected chi connectivity index (χ2v) is 5.99. The molecule has 0 N–H and O–H groups in total. The molecule has 0 radical (unpaired) electrons. The van der Waals surface area contributed by atoms with Crippen molar-refractivity contribution in [1.82, 2.24) is 0 Å². The SMILES string of the molecule is CCOC(=O)C1(Cc2ccccc2)CCc2ccc(OC)cc21. The first kappa shape index (κ1) is 15.6. The predicted molar refractivity (Wildman–Crippen MR) is 89.8 cm³/mol. The number of esters is 1. The van der Waals surface area contributed by atoms with Crippen molar-refractivity contribution in [3.05, 3.63) is 65.2 Å². The lowest BCUT2D eigenvalue weighted by atomic mass is 9.76. The number of benzene rings is 2. The van der Waals surface area contributed by atoms with Gasteiger partial charge in [0.15, 0.2) is 0 Å². The molecular weight excluding hydrogens is 288 g/mol. The van der Waals surface area contributed by atoms with Crippen LogP contribution in [0.5, 0.6) is 5.75 Å². The Bertz CT molecular complexity index is 693. The van der Waals surface area contributed by atoms with Crippen LogP contribution in [0.3, 0.4) is 0 Å². The number of carbonyl (C=O) groups excluding carboxylic acids is 1. The highest BCUT2D eigenvalue weighted by Crippen LogP contribution is 2.44. The summed E-state index contributed by atoms with van der Waals surface area (Å²) in [5.74, 6) is 0.656. The number of methoxy groups -OCH3 is 1. The highest BCUT2D eigenvalue weighted by molar-refractivity contribution is 5.85. The van der Waals surface area contributed by atoms with Crippen molar-refractivity contribution in [3.8, 4) is 5.75 Å². The number of ether oxygens (including phenoxy) is 2. The molecule has 23 heavy (non-hydrogen) atoms. The lowest BCUT2D eigenvalue weighted by Gasteiger charge is -2.28. The van der Waals surface area contributed by atoms with Gasteiger partial charge in [-0.1, -0.05) is 36.4 Å². The zero-order chi connectivity index (χ0) is 16.3. The summed E-state index contributed by atoms with van der Waals surface area (Å²) < 4.78 is 10.8. The molecule has 3 heteroatoms. The maximum absolute atomic E-state index is 12.9. The largest absolute Gasteiger partial charge is 0.497 e. The smallest absolute Gasteiger partial charge is 0.316 e. The first-order valence-electron chi connectivity index (χ1n) is 8.08. The van der Waals surface area contributed by atoms with Gasteiger partial charge in [-0.15, -0.1) is 0 Å². The van der Waals surface area contributed by atoms with Crippen LogP contribution < -0.4 is 4.74 Å². The van der Waals surface area contributed by atoms with E-state index in [0.29, 0.717) is 13.0 Å². The van der Waals surface area contributed by atoms with E-state index in [2.05, 4.69) is 18.2 Å². The van der Waals surface area contributed by atoms with Crippen molar-refractivity contribution in [3.63, 3.8) is 0 Å². The van der Waals surface area contributed by atoms with Crippen LogP contribution in [0.15, 0.2) is 48.5 Å². The minimum atomic E-state index is -0.610. The van der Waals surface area contributed by atoms with Gasteiger partial charge in [-0.05, 0) is 55.0 Å². The quantitative estimate of drug-likeness (QED) is 0.790. The van der Waals surface area contributed by atoms with Gasteiger partial charge in [0.2, 0.25) is 0 Å². The van der Waals surface area contributed by atoms with Gasteiger partial charge < -0.3 is 9.47 Å². The summed E-state index contributed by atoms with van der Waals surface area (Å²) in [6.07, 6.45) is 2.33. The molecule has 120 valence electrons. The van der Waals surface area contributed by atoms with Crippen LogP contribution in [-0.2, 0) is 27.8 Å². The first-order chi connectivity index (χ1) is 11.2. The molecule has 2 aromatic carbocycles. The molecule has 1 aliphatic carbocycles. The molecule has 0 saturated heterocycles. The van der Waals surface area contributed by atoms with Gasteiger partial charge >= 0.3 is 5.97 Å². The summed E-state index contributed by atoms with van der Waals surface area (Å²) in [4.78, 5) is 12.9. The molecule has 0 aromatic heterocycles. The summed E-state index contributed by atoms with van der Waals surface area (Å²) in [6, 6.07) is 16.2. The summed E-state index contributed by atoms with van der Waals surface area (Å²) in [5.41, 5.74) is 2.81. The third kappa shape index (κ3) is 2.83. The lowest BCUT2D eigenvalue weighted by molar-refractivity contribution is -0.150. The van der Waals surface area contributed by atoms with Gasteiger partial charge in [-0.25, -0.2) is 0 Å². The van der Waals surface area contributed by atoms with Crippen molar-refractivity contribution < 1.29 is 14.3 Å². The fourth-order valence-electron chi connectivity index (χ4n) is 3.51. The van der Waals surface area contributed by atoms with Crippen LogP contribution in [0.2, 0.25) is 0 Å². The van der Waals surface area contributed by atoms with Crippen molar-refractivity contribution in [1.29, 1.82) is 0 Å². The van der Waals surface area contributed by atoms with Gasteiger partial charge in [0.1, 0.15) is 5.75 Å². The molecule has 0 spiro atoms. The normalized spacial score (nSPS) is 19.2. The van der Waals surface area contributed by atoms with Crippen molar-refractivity contribution in [2.75, 3.05) is 13.7 Å². The Kier molecular flexibility index (Phi) is 4.37. The molecule has 0 bridgehead atoms. The maximum Gasteiger partial charge on any atom is 0.316 e. The Morgan fingerprint density at radius 1 is 1.17 bits per heavy atom. The Morgan fingerprint density at radius 2 is 1.96 bits per heavy atom.